The maximum atomic E-state index is 11.5. The van der Waals surface area contributed by atoms with Gasteiger partial charge in [0, 0.05) is 18.4 Å². The number of azo groups is 1. The van der Waals surface area contributed by atoms with Crippen molar-refractivity contribution in [2.24, 2.45) is 15.4 Å². The number of halogens is 1. The molecule has 3 rings (SSSR count). The maximum absolute atomic E-state index is 11.5. The molecule has 1 amide bonds. The van der Waals surface area contributed by atoms with Gasteiger partial charge in [-0.3, -0.25) is 4.79 Å². The number of benzene rings is 3. The van der Waals surface area contributed by atoms with Gasteiger partial charge in [-0.15, -0.1) is 10.2 Å². The van der Waals surface area contributed by atoms with Crippen molar-refractivity contribution < 1.29 is 23.4 Å². The van der Waals surface area contributed by atoms with Gasteiger partial charge in [0.1, 0.15) is 27.8 Å². The van der Waals surface area contributed by atoms with Crippen molar-refractivity contribution in [2.45, 2.75) is 11.8 Å². The minimum atomic E-state index is -4.14. The van der Waals surface area contributed by atoms with Crippen molar-refractivity contribution in [3.8, 4) is 11.5 Å². The minimum Gasteiger partial charge on any atom is -0.506 e. The first kappa shape index (κ1) is 20.5. The van der Waals surface area contributed by atoms with Gasteiger partial charge in [0.05, 0.1) is 10.7 Å². The predicted octanol–water partition coefficient (Wildman–Crippen LogP) is 3.93. The molecule has 3 aromatic rings. The van der Waals surface area contributed by atoms with Crippen LogP contribution in [0.5, 0.6) is 11.5 Å². The Kier molecular flexibility index (Phi) is 5.42. The lowest BCUT2D eigenvalue weighted by molar-refractivity contribution is -0.114. The van der Waals surface area contributed by atoms with E-state index in [2.05, 4.69) is 15.5 Å². The van der Waals surface area contributed by atoms with Crippen LogP contribution in [0.3, 0.4) is 0 Å². The number of fused-ring (bicyclic) bond motifs is 1. The molecule has 0 saturated carbocycles. The minimum absolute atomic E-state index is 0.0397. The maximum Gasteiger partial charge on any atom is 0.239 e. The summed E-state index contributed by atoms with van der Waals surface area (Å²) < 4.78 is 22.9. The highest BCUT2D eigenvalue weighted by molar-refractivity contribution is 7.89. The lowest BCUT2D eigenvalue weighted by Crippen LogP contribution is -2.12. The van der Waals surface area contributed by atoms with Crippen LogP contribution in [-0.2, 0) is 14.8 Å². The molecule has 0 radical (unpaired) electrons. The van der Waals surface area contributed by atoms with E-state index in [9.17, 15) is 23.4 Å². The fraction of sp³-hybridized carbons (Fsp3) is 0.0556. The van der Waals surface area contributed by atoms with E-state index < -0.39 is 20.7 Å². The van der Waals surface area contributed by atoms with Crippen molar-refractivity contribution >= 4 is 55.4 Å². The van der Waals surface area contributed by atoms with Crippen LogP contribution in [0.25, 0.3) is 10.8 Å². The summed E-state index contributed by atoms with van der Waals surface area (Å²) >= 11 is 5.91. The molecule has 150 valence electrons. The van der Waals surface area contributed by atoms with Gasteiger partial charge >= 0.3 is 0 Å². The second kappa shape index (κ2) is 7.66. The zero-order valence-corrected chi connectivity index (χ0v) is 16.5. The number of primary sulfonamides is 1. The van der Waals surface area contributed by atoms with Crippen LogP contribution in [0.4, 0.5) is 17.1 Å². The summed E-state index contributed by atoms with van der Waals surface area (Å²) in [7, 11) is -4.14. The number of nitrogens with two attached hydrogens (primary N) is 1. The summed E-state index contributed by atoms with van der Waals surface area (Å²) in [4.78, 5) is 11.0. The highest BCUT2D eigenvalue weighted by atomic mass is 35.5. The van der Waals surface area contributed by atoms with Gasteiger partial charge in [-0.1, -0.05) is 29.8 Å². The molecule has 5 N–H and O–H groups in total. The quantitative estimate of drug-likeness (QED) is 0.458. The van der Waals surface area contributed by atoms with Gasteiger partial charge in [-0.05, 0) is 23.6 Å². The molecule has 0 unspecified atom stereocenters. The molecule has 0 fully saturated rings. The van der Waals surface area contributed by atoms with Crippen LogP contribution in [0.1, 0.15) is 6.92 Å². The normalized spacial score (nSPS) is 11.8. The van der Waals surface area contributed by atoms with E-state index in [1.807, 2.05) is 0 Å². The zero-order chi connectivity index (χ0) is 21.3. The third-order valence-electron chi connectivity index (χ3n) is 3.90. The first-order valence-corrected chi connectivity index (χ1v) is 9.99. The number of aromatic hydroxyl groups is 2. The number of sulfonamides is 1. The Morgan fingerprint density at radius 1 is 1.10 bits per heavy atom. The molecule has 0 aliphatic heterocycles. The number of carbonyl (C=O) groups is 1. The Morgan fingerprint density at radius 3 is 2.48 bits per heavy atom. The van der Waals surface area contributed by atoms with Crippen molar-refractivity contribution in [3.05, 3.63) is 47.5 Å². The second-order valence-corrected chi connectivity index (χ2v) is 7.97. The van der Waals surface area contributed by atoms with Crippen molar-refractivity contribution in [1.82, 2.24) is 0 Å². The number of carbonyl (C=O) groups excluding carboxylic acids is 1. The third-order valence-corrected chi connectivity index (χ3v) is 5.28. The highest BCUT2D eigenvalue weighted by Crippen LogP contribution is 2.41. The van der Waals surface area contributed by atoms with Crippen LogP contribution in [0, 0.1) is 0 Å². The van der Waals surface area contributed by atoms with E-state index in [-0.39, 0.29) is 28.1 Å². The number of phenolic OH excluding ortho intramolecular Hbond substituents is 2. The van der Waals surface area contributed by atoms with E-state index in [4.69, 9.17) is 16.7 Å². The summed E-state index contributed by atoms with van der Waals surface area (Å²) in [6.07, 6.45) is 0. The number of hydrogen-bond acceptors (Lipinski definition) is 7. The summed E-state index contributed by atoms with van der Waals surface area (Å²) in [5.41, 5.74) is 0.306. The molecule has 0 heterocycles. The first-order valence-electron chi connectivity index (χ1n) is 8.07. The van der Waals surface area contributed by atoms with Gasteiger partial charge in [-0.25, -0.2) is 13.6 Å². The van der Waals surface area contributed by atoms with E-state index in [0.29, 0.717) is 16.5 Å². The van der Waals surface area contributed by atoms with Gasteiger partial charge < -0.3 is 15.5 Å². The van der Waals surface area contributed by atoms with Gasteiger partial charge in [0.25, 0.3) is 0 Å². The van der Waals surface area contributed by atoms with Gasteiger partial charge in [-0.2, -0.15) is 0 Å². The molecule has 0 saturated heterocycles. The molecule has 0 aromatic heterocycles. The average Bonchev–Trinajstić information content (AvgIpc) is 2.62. The number of amides is 1. The smallest absolute Gasteiger partial charge is 0.239 e. The Bertz CT molecular complexity index is 1270. The fourth-order valence-electron chi connectivity index (χ4n) is 2.68. The molecule has 9 nitrogen and oxygen atoms in total. The first-order chi connectivity index (χ1) is 13.6. The Labute approximate surface area is 170 Å². The van der Waals surface area contributed by atoms with E-state index in [0.717, 1.165) is 12.1 Å². The molecule has 0 bridgehead atoms. The largest absolute Gasteiger partial charge is 0.506 e. The molecule has 0 aliphatic rings. The van der Waals surface area contributed by atoms with Gasteiger partial charge in [0.15, 0.2) is 0 Å². The number of rotatable bonds is 4. The molecular weight excluding hydrogens is 420 g/mol. The molecule has 29 heavy (non-hydrogen) atoms. The highest BCUT2D eigenvalue weighted by Gasteiger charge is 2.17. The molecule has 11 heteroatoms. The number of nitrogens with zero attached hydrogens (tertiary/aromatic N) is 2. The summed E-state index contributed by atoms with van der Waals surface area (Å²) in [6, 6.07) is 10.1. The monoisotopic (exact) mass is 434 g/mol. The lowest BCUT2D eigenvalue weighted by Gasteiger charge is -2.10. The fourth-order valence-corrected chi connectivity index (χ4v) is 3.77. The number of hydrogen-bond donors (Lipinski definition) is 4. The van der Waals surface area contributed by atoms with Crippen molar-refractivity contribution in [3.63, 3.8) is 0 Å². The SMILES string of the molecule is CC(=O)Nc1cccc2ccc(O)c(N=Nc3cc(Cl)c(S(N)(=O)=O)cc3O)c12. The molecule has 0 atom stereocenters. The molecular formula is C18H15ClN4O5S. The van der Waals surface area contributed by atoms with Crippen molar-refractivity contribution in [2.75, 3.05) is 5.32 Å². The average molecular weight is 435 g/mol. The van der Waals surface area contributed by atoms with Crippen molar-refractivity contribution in [1.29, 1.82) is 0 Å². The van der Waals surface area contributed by atoms with E-state index >= 15 is 0 Å². The number of anilines is 1. The Morgan fingerprint density at radius 2 is 1.83 bits per heavy atom. The zero-order valence-electron chi connectivity index (χ0n) is 14.9. The Balaban J connectivity index is 2.16. The number of phenols is 2. The van der Waals surface area contributed by atoms with Crippen LogP contribution < -0.4 is 10.5 Å². The lowest BCUT2D eigenvalue weighted by atomic mass is 10.1. The predicted molar refractivity (Wildman–Crippen MR) is 109 cm³/mol. The standard InChI is InChI=1S/C18H15ClN4O5S/c1-9(24)21-12-4-2-3-10-5-6-14(25)18(17(10)12)23-22-13-7-11(19)16(8-15(13)26)29(20,27)28/h2-8,25-26H,1H3,(H,21,24)(H2,20,27,28). The summed E-state index contributed by atoms with van der Waals surface area (Å²) in [5.74, 6) is -1.05. The molecule has 3 aromatic carbocycles. The molecule has 0 aliphatic carbocycles. The van der Waals surface area contributed by atoms with Crippen LogP contribution in [0.2, 0.25) is 5.02 Å². The topological polar surface area (TPSA) is 154 Å². The van der Waals surface area contributed by atoms with E-state index in [1.165, 1.54) is 13.0 Å². The Hall–Kier alpha value is -3.21. The summed E-state index contributed by atoms with van der Waals surface area (Å²) in [5, 5.41) is 36.7. The van der Waals surface area contributed by atoms with Crippen LogP contribution >= 0.6 is 11.6 Å². The van der Waals surface area contributed by atoms with Crippen LogP contribution in [-0.4, -0.2) is 24.5 Å². The van der Waals surface area contributed by atoms with Crippen LogP contribution in [0.15, 0.2) is 57.6 Å². The van der Waals surface area contributed by atoms with E-state index in [1.54, 1.807) is 24.3 Å². The van der Waals surface area contributed by atoms with Gasteiger partial charge in [0.2, 0.25) is 15.9 Å². The summed E-state index contributed by atoms with van der Waals surface area (Å²) in [6.45, 7) is 1.34. The molecule has 0 spiro atoms. The third kappa shape index (κ3) is 4.29. The number of nitrogens with one attached hydrogen (secondary N) is 1. The second-order valence-electron chi connectivity index (χ2n) is 6.03.